The Labute approximate surface area is 166 Å². The standard InChI is InChI=1S/C25H24N2O/c1-2-4-20-15-27(14-19(20)3-1)25-7-5-21-13-26(10-9-18(21)11-25)24-8-6-22-16-28-17-23(22)12-24/h1-8,11-12H,9-10,13-17H2. The van der Waals surface area contributed by atoms with Gasteiger partial charge in [0.2, 0.25) is 0 Å². The van der Waals surface area contributed by atoms with E-state index in [0.29, 0.717) is 0 Å². The normalized spacial score (nSPS) is 17.4. The molecule has 3 aromatic rings. The van der Waals surface area contributed by atoms with Crippen LogP contribution in [0.3, 0.4) is 0 Å². The van der Waals surface area contributed by atoms with Gasteiger partial charge in [0.15, 0.2) is 0 Å². The Morgan fingerprint density at radius 2 is 1.18 bits per heavy atom. The molecule has 0 saturated heterocycles. The lowest BCUT2D eigenvalue weighted by Crippen LogP contribution is -2.30. The zero-order valence-corrected chi connectivity index (χ0v) is 16.0. The summed E-state index contributed by atoms with van der Waals surface area (Å²) in [6, 6.07) is 22.7. The lowest BCUT2D eigenvalue weighted by molar-refractivity contribution is 0.134. The molecule has 3 heteroatoms. The second-order valence-corrected chi connectivity index (χ2v) is 8.20. The van der Waals surface area contributed by atoms with Gasteiger partial charge in [-0.2, -0.15) is 0 Å². The van der Waals surface area contributed by atoms with E-state index in [4.69, 9.17) is 4.74 Å². The zero-order valence-electron chi connectivity index (χ0n) is 16.0. The van der Waals surface area contributed by atoms with Gasteiger partial charge < -0.3 is 14.5 Å². The summed E-state index contributed by atoms with van der Waals surface area (Å²) in [4.78, 5) is 5.00. The molecule has 0 atom stereocenters. The van der Waals surface area contributed by atoms with Crippen LogP contribution in [0.4, 0.5) is 11.4 Å². The second kappa shape index (κ2) is 6.39. The summed E-state index contributed by atoms with van der Waals surface area (Å²) >= 11 is 0. The van der Waals surface area contributed by atoms with Crippen LogP contribution in [0, 0.1) is 0 Å². The number of anilines is 2. The third-order valence-electron chi connectivity index (χ3n) is 6.48. The van der Waals surface area contributed by atoms with E-state index in [1.54, 1.807) is 0 Å². The third kappa shape index (κ3) is 2.70. The van der Waals surface area contributed by atoms with Crippen LogP contribution in [0.2, 0.25) is 0 Å². The van der Waals surface area contributed by atoms with Crippen molar-refractivity contribution >= 4 is 11.4 Å². The SMILES string of the molecule is c1ccc2c(c1)CN(c1ccc3c(c1)CCN(c1ccc4c(c1)COC4)C3)C2. The number of hydrogen-bond donors (Lipinski definition) is 0. The average Bonchev–Trinajstić information content (AvgIpc) is 3.39. The van der Waals surface area contributed by atoms with Crippen molar-refractivity contribution in [3.63, 3.8) is 0 Å². The highest BCUT2D eigenvalue weighted by Crippen LogP contribution is 2.33. The van der Waals surface area contributed by atoms with Crippen molar-refractivity contribution < 1.29 is 4.74 Å². The number of rotatable bonds is 2. The molecule has 0 amide bonds. The van der Waals surface area contributed by atoms with Crippen LogP contribution in [0.15, 0.2) is 60.7 Å². The minimum Gasteiger partial charge on any atom is -0.372 e. The first kappa shape index (κ1) is 16.2. The van der Waals surface area contributed by atoms with Crippen molar-refractivity contribution in [1.82, 2.24) is 0 Å². The van der Waals surface area contributed by atoms with Gasteiger partial charge in [0.1, 0.15) is 0 Å². The van der Waals surface area contributed by atoms with Gasteiger partial charge in [0.05, 0.1) is 13.2 Å². The molecule has 0 unspecified atom stereocenters. The topological polar surface area (TPSA) is 15.7 Å². The number of benzene rings is 3. The molecule has 28 heavy (non-hydrogen) atoms. The van der Waals surface area contributed by atoms with E-state index in [0.717, 1.165) is 45.8 Å². The minimum absolute atomic E-state index is 0.759. The molecule has 3 nitrogen and oxygen atoms in total. The lowest BCUT2D eigenvalue weighted by atomic mass is 9.97. The van der Waals surface area contributed by atoms with E-state index in [1.807, 2.05) is 0 Å². The molecule has 140 valence electrons. The summed E-state index contributed by atoms with van der Waals surface area (Å²) in [5.74, 6) is 0. The van der Waals surface area contributed by atoms with E-state index in [1.165, 1.54) is 44.8 Å². The molecule has 3 aliphatic rings. The van der Waals surface area contributed by atoms with Crippen molar-refractivity contribution in [2.75, 3.05) is 16.3 Å². The molecular weight excluding hydrogens is 344 g/mol. The quantitative estimate of drug-likeness (QED) is 0.646. The second-order valence-electron chi connectivity index (χ2n) is 8.20. The van der Waals surface area contributed by atoms with Crippen molar-refractivity contribution in [2.45, 2.75) is 39.3 Å². The molecule has 3 aliphatic heterocycles. The Kier molecular flexibility index (Phi) is 3.69. The predicted octanol–water partition coefficient (Wildman–Crippen LogP) is 4.80. The average molecular weight is 368 g/mol. The molecule has 0 spiro atoms. The smallest absolute Gasteiger partial charge is 0.0725 e. The van der Waals surface area contributed by atoms with Crippen molar-refractivity contribution in [2.24, 2.45) is 0 Å². The van der Waals surface area contributed by atoms with Crippen LogP contribution in [0.1, 0.15) is 33.4 Å². The van der Waals surface area contributed by atoms with Gasteiger partial charge in [-0.1, -0.05) is 36.4 Å². The number of hydrogen-bond acceptors (Lipinski definition) is 3. The Hall–Kier alpha value is -2.78. The highest BCUT2D eigenvalue weighted by molar-refractivity contribution is 5.58. The highest BCUT2D eigenvalue weighted by atomic mass is 16.5. The first-order valence-electron chi connectivity index (χ1n) is 10.2. The predicted molar refractivity (Wildman–Crippen MR) is 112 cm³/mol. The van der Waals surface area contributed by atoms with E-state index >= 15 is 0 Å². The van der Waals surface area contributed by atoms with Gasteiger partial charge in [-0.15, -0.1) is 0 Å². The summed E-state index contributed by atoms with van der Waals surface area (Å²) in [6.45, 7) is 5.65. The van der Waals surface area contributed by atoms with Crippen molar-refractivity contribution in [3.8, 4) is 0 Å². The van der Waals surface area contributed by atoms with Crippen LogP contribution in [-0.4, -0.2) is 6.54 Å². The maximum atomic E-state index is 5.58. The molecular formula is C25H24N2O. The Balaban J connectivity index is 1.23. The van der Waals surface area contributed by atoms with E-state index in [-0.39, 0.29) is 0 Å². The van der Waals surface area contributed by atoms with Gasteiger partial charge >= 0.3 is 0 Å². The molecule has 0 saturated carbocycles. The van der Waals surface area contributed by atoms with Crippen LogP contribution < -0.4 is 9.80 Å². The molecule has 0 bridgehead atoms. The summed E-state index contributed by atoms with van der Waals surface area (Å²) in [7, 11) is 0. The molecule has 0 aliphatic carbocycles. The van der Waals surface area contributed by atoms with Gasteiger partial charge in [0.25, 0.3) is 0 Å². The Morgan fingerprint density at radius 1 is 0.571 bits per heavy atom. The molecule has 6 rings (SSSR count). The maximum absolute atomic E-state index is 5.58. The fourth-order valence-electron chi connectivity index (χ4n) is 4.83. The molecule has 3 aromatic carbocycles. The van der Waals surface area contributed by atoms with Crippen molar-refractivity contribution in [1.29, 1.82) is 0 Å². The lowest BCUT2D eigenvalue weighted by Gasteiger charge is -2.32. The molecule has 3 heterocycles. The fourth-order valence-corrected chi connectivity index (χ4v) is 4.83. The van der Waals surface area contributed by atoms with Gasteiger partial charge in [-0.3, -0.25) is 0 Å². The Morgan fingerprint density at radius 3 is 2.00 bits per heavy atom. The Bertz CT molecular complexity index is 1030. The highest BCUT2D eigenvalue weighted by Gasteiger charge is 2.22. The fraction of sp³-hybridized carbons (Fsp3) is 0.280. The van der Waals surface area contributed by atoms with Gasteiger partial charge in [-0.25, -0.2) is 0 Å². The van der Waals surface area contributed by atoms with Crippen LogP contribution in [0.5, 0.6) is 0 Å². The first-order chi connectivity index (χ1) is 13.8. The molecule has 0 N–H and O–H groups in total. The summed E-state index contributed by atoms with van der Waals surface area (Å²) < 4.78 is 5.58. The number of nitrogens with zero attached hydrogens (tertiary/aromatic N) is 2. The van der Waals surface area contributed by atoms with Crippen LogP contribution >= 0.6 is 0 Å². The monoisotopic (exact) mass is 368 g/mol. The van der Waals surface area contributed by atoms with Crippen molar-refractivity contribution in [3.05, 3.63) is 94.0 Å². The largest absolute Gasteiger partial charge is 0.372 e. The van der Waals surface area contributed by atoms with E-state index in [2.05, 4.69) is 70.5 Å². The van der Waals surface area contributed by atoms with Gasteiger partial charge in [0, 0.05) is 37.6 Å². The number of fused-ring (bicyclic) bond motifs is 3. The maximum Gasteiger partial charge on any atom is 0.0725 e. The summed E-state index contributed by atoms with van der Waals surface area (Å²) in [5, 5.41) is 0. The van der Waals surface area contributed by atoms with Crippen LogP contribution in [-0.2, 0) is 44.0 Å². The molecule has 0 fully saturated rings. The minimum atomic E-state index is 0.759. The third-order valence-corrected chi connectivity index (χ3v) is 6.48. The summed E-state index contributed by atoms with van der Waals surface area (Å²) in [6.07, 6.45) is 1.11. The van der Waals surface area contributed by atoms with Gasteiger partial charge in [-0.05, 0) is 64.1 Å². The molecule has 0 radical (unpaired) electrons. The zero-order chi connectivity index (χ0) is 18.5. The molecule has 0 aromatic heterocycles. The van der Waals surface area contributed by atoms with E-state index < -0.39 is 0 Å². The van der Waals surface area contributed by atoms with E-state index in [9.17, 15) is 0 Å². The van der Waals surface area contributed by atoms with Crippen LogP contribution in [0.25, 0.3) is 0 Å². The first-order valence-corrected chi connectivity index (χ1v) is 10.2. The number of ether oxygens (including phenoxy) is 1. The summed E-state index contributed by atoms with van der Waals surface area (Å²) in [5.41, 5.74) is 11.3.